The van der Waals surface area contributed by atoms with Crippen molar-refractivity contribution in [2.45, 2.75) is 38.2 Å². The summed E-state index contributed by atoms with van der Waals surface area (Å²) in [6.07, 6.45) is 5.09. The maximum atomic E-state index is 13.7. The first-order chi connectivity index (χ1) is 16.9. The Morgan fingerprint density at radius 3 is 2.67 bits per heavy atom. The molecule has 4 heterocycles. The molecule has 3 aromatic rings. The number of likely N-dealkylation sites (tertiary alicyclic amines) is 1. The van der Waals surface area contributed by atoms with Crippen LogP contribution in [0, 0.1) is 6.92 Å². The summed E-state index contributed by atoms with van der Waals surface area (Å²) in [6.45, 7) is 1.52. The van der Waals surface area contributed by atoms with Crippen molar-refractivity contribution in [1.29, 1.82) is 0 Å². The minimum absolute atomic E-state index is 0.151. The quantitative estimate of drug-likeness (QED) is 0.529. The molecule has 1 atom stereocenters. The van der Waals surface area contributed by atoms with Crippen LogP contribution in [-0.4, -0.2) is 65.6 Å². The molecule has 2 saturated heterocycles. The molecule has 9 nitrogen and oxygen atoms in total. The van der Waals surface area contributed by atoms with Crippen LogP contribution in [0.25, 0.3) is 5.65 Å². The van der Waals surface area contributed by atoms with E-state index in [-0.39, 0.29) is 36.3 Å². The van der Waals surface area contributed by atoms with Crippen LogP contribution in [-0.2, 0) is 10.0 Å². The van der Waals surface area contributed by atoms with Gasteiger partial charge in [0.1, 0.15) is 5.82 Å². The Bertz CT molecular complexity index is 1450. The van der Waals surface area contributed by atoms with Crippen molar-refractivity contribution in [3.8, 4) is 0 Å². The molecule has 1 N–H and O–H groups in total. The molecule has 2 aliphatic heterocycles. The third-order valence-corrected chi connectivity index (χ3v) is 7.21. The van der Waals surface area contributed by atoms with E-state index in [1.54, 1.807) is 28.6 Å². The number of carbonyl (C=O) groups is 1. The average Bonchev–Trinajstić information content (AvgIpc) is 3.19. The van der Waals surface area contributed by atoms with E-state index in [2.05, 4.69) is 14.8 Å². The van der Waals surface area contributed by atoms with Gasteiger partial charge in [-0.25, -0.2) is 26.7 Å². The Kier molecular flexibility index (Phi) is 6.06. The van der Waals surface area contributed by atoms with Crippen molar-refractivity contribution in [3.05, 3.63) is 52.3 Å². The molecular weight excluding hydrogens is 514 g/mol. The van der Waals surface area contributed by atoms with Gasteiger partial charge in [0, 0.05) is 29.4 Å². The summed E-state index contributed by atoms with van der Waals surface area (Å²) in [4.78, 5) is 21.4. The molecule has 2 aliphatic rings. The number of amides is 1. The van der Waals surface area contributed by atoms with Crippen molar-refractivity contribution >= 4 is 44.7 Å². The number of halogens is 3. The van der Waals surface area contributed by atoms with Gasteiger partial charge in [0.2, 0.25) is 10.0 Å². The van der Waals surface area contributed by atoms with E-state index in [0.29, 0.717) is 35.1 Å². The number of hydrogen-bond donors (Lipinski definition) is 1. The van der Waals surface area contributed by atoms with Crippen LogP contribution in [0.5, 0.6) is 0 Å². The van der Waals surface area contributed by atoms with Gasteiger partial charge < -0.3 is 9.80 Å². The monoisotopic (exact) mass is 538 g/mol. The van der Waals surface area contributed by atoms with Crippen LogP contribution < -0.4 is 9.62 Å². The molecule has 0 aliphatic carbocycles. The lowest BCUT2D eigenvalue weighted by atomic mass is 9.98. The first-order valence-electron chi connectivity index (χ1n) is 11.5. The number of nitrogens with one attached hydrogen (secondary N) is 1. The van der Waals surface area contributed by atoms with Crippen LogP contribution in [0.1, 0.15) is 46.9 Å². The topological polar surface area (TPSA) is 99.9 Å². The number of nitrogens with zero attached hydrogens (tertiary/aromatic N) is 5. The van der Waals surface area contributed by atoms with E-state index in [1.807, 2.05) is 0 Å². The standard InChI is InChI=1S/C23H25ClF2N6O3S/c1-14-11-32-20(27-21(14)30-12-23(25,26)13-30)10-18(28-32)19-5-3-4-8-31(19)22(33)16-9-15(24)6-7-17(16)29-36(2,34)35/h6-7,9-11,19,29H,3-5,8,12-13H2,1-2H3/t19-/m1/s1. The number of hydrogen-bond acceptors (Lipinski definition) is 6. The lowest BCUT2D eigenvalue weighted by molar-refractivity contribution is -0.0267. The Balaban J connectivity index is 1.48. The molecule has 0 spiro atoms. The first kappa shape index (κ1) is 24.7. The zero-order valence-corrected chi connectivity index (χ0v) is 21.3. The van der Waals surface area contributed by atoms with Crippen LogP contribution in [0.15, 0.2) is 30.5 Å². The molecule has 5 rings (SSSR count). The van der Waals surface area contributed by atoms with Crippen LogP contribution >= 0.6 is 11.6 Å². The van der Waals surface area contributed by atoms with E-state index in [4.69, 9.17) is 11.6 Å². The largest absolute Gasteiger partial charge is 0.344 e. The van der Waals surface area contributed by atoms with Gasteiger partial charge in [0.25, 0.3) is 11.8 Å². The van der Waals surface area contributed by atoms with Gasteiger partial charge >= 0.3 is 0 Å². The fourth-order valence-corrected chi connectivity index (χ4v) is 5.53. The van der Waals surface area contributed by atoms with Crippen molar-refractivity contribution in [1.82, 2.24) is 19.5 Å². The molecule has 2 fully saturated rings. The van der Waals surface area contributed by atoms with Crippen molar-refractivity contribution in [2.75, 3.05) is 35.5 Å². The smallest absolute Gasteiger partial charge is 0.282 e. The lowest BCUT2D eigenvalue weighted by Gasteiger charge is -2.40. The summed E-state index contributed by atoms with van der Waals surface area (Å²) in [5, 5.41) is 4.96. The summed E-state index contributed by atoms with van der Waals surface area (Å²) < 4.78 is 54.5. The second-order valence-corrected chi connectivity index (χ2v) is 11.6. The van der Waals surface area contributed by atoms with Crippen LogP contribution in [0.4, 0.5) is 20.3 Å². The van der Waals surface area contributed by atoms with E-state index >= 15 is 0 Å². The fraction of sp³-hybridized carbons (Fsp3) is 0.435. The molecular formula is C23H25ClF2N6O3S. The first-order valence-corrected chi connectivity index (χ1v) is 13.8. The number of sulfonamides is 1. The fourth-order valence-electron chi connectivity index (χ4n) is 4.78. The molecule has 0 unspecified atom stereocenters. The number of piperidine rings is 1. The summed E-state index contributed by atoms with van der Waals surface area (Å²) >= 11 is 6.14. The normalized spacial score (nSPS) is 19.9. The molecule has 36 heavy (non-hydrogen) atoms. The molecule has 13 heteroatoms. The number of aromatic nitrogens is 3. The number of alkyl halides is 2. The zero-order valence-electron chi connectivity index (χ0n) is 19.7. The molecule has 192 valence electrons. The maximum absolute atomic E-state index is 13.7. The Morgan fingerprint density at radius 1 is 1.22 bits per heavy atom. The van der Waals surface area contributed by atoms with Crippen LogP contribution in [0.2, 0.25) is 5.02 Å². The summed E-state index contributed by atoms with van der Waals surface area (Å²) in [7, 11) is -3.62. The van der Waals surface area contributed by atoms with E-state index in [1.165, 1.54) is 23.1 Å². The second-order valence-electron chi connectivity index (χ2n) is 9.41. The average molecular weight is 539 g/mol. The number of rotatable bonds is 5. The van der Waals surface area contributed by atoms with Gasteiger partial charge in [-0.3, -0.25) is 9.52 Å². The Hall–Kier alpha value is -2.99. The van der Waals surface area contributed by atoms with Crippen LogP contribution in [0.3, 0.4) is 0 Å². The van der Waals surface area contributed by atoms with Crippen molar-refractivity contribution in [3.63, 3.8) is 0 Å². The summed E-state index contributed by atoms with van der Waals surface area (Å²) in [6, 6.07) is 5.84. The van der Waals surface area contributed by atoms with Crippen molar-refractivity contribution < 1.29 is 22.0 Å². The molecule has 0 radical (unpaired) electrons. The van der Waals surface area contributed by atoms with Gasteiger partial charge in [0.15, 0.2) is 5.65 Å². The van der Waals surface area contributed by atoms with Gasteiger partial charge in [-0.05, 0) is 44.4 Å². The summed E-state index contributed by atoms with van der Waals surface area (Å²) in [5.74, 6) is -2.58. The molecule has 0 saturated carbocycles. The highest BCUT2D eigenvalue weighted by Crippen LogP contribution is 2.36. The van der Waals surface area contributed by atoms with Crippen molar-refractivity contribution in [2.24, 2.45) is 0 Å². The minimum atomic E-state index is -3.62. The van der Waals surface area contributed by atoms with E-state index in [0.717, 1.165) is 24.7 Å². The van der Waals surface area contributed by atoms with Gasteiger partial charge in [-0.1, -0.05) is 11.6 Å². The predicted molar refractivity (Wildman–Crippen MR) is 132 cm³/mol. The zero-order chi connectivity index (χ0) is 25.8. The third kappa shape index (κ3) is 4.83. The highest BCUT2D eigenvalue weighted by atomic mass is 35.5. The minimum Gasteiger partial charge on any atom is -0.344 e. The van der Waals surface area contributed by atoms with Gasteiger partial charge in [-0.15, -0.1) is 0 Å². The molecule has 2 aromatic heterocycles. The highest BCUT2D eigenvalue weighted by Gasteiger charge is 2.45. The molecule has 1 aromatic carbocycles. The number of carbonyl (C=O) groups excluding carboxylic acids is 1. The summed E-state index contributed by atoms with van der Waals surface area (Å²) in [5.41, 5.74) is 2.15. The number of aryl methyl sites for hydroxylation is 1. The third-order valence-electron chi connectivity index (χ3n) is 6.38. The second kappa shape index (κ2) is 8.84. The highest BCUT2D eigenvalue weighted by molar-refractivity contribution is 7.92. The SMILES string of the molecule is Cc1cn2nc([C@H]3CCCCN3C(=O)c3cc(Cl)ccc3NS(C)(=O)=O)cc2nc1N1CC(F)(F)C1. The molecule has 0 bridgehead atoms. The number of fused-ring (bicyclic) bond motifs is 1. The number of anilines is 2. The lowest BCUT2D eigenvalue weighted by Crippen LogP contribution is -2.56. The van der Waals surface area contributed by atoms with E-state index < -0.39 is 15.9 Å². The Morgan fingerprint density at radius 2 is 1.97 bits per heavy atom. The van der Waals surface area contributed by atoms with Gasteiger partial charge in [-0.2, -0.15) is 5.10 Å². The van der Waals surface area contributed by atoms with E-state index in [9.17, 15) is 22.0 Å². The Labute approximate surface area is 212 Å². The molecule has 1 amide bonds. The number of benzene rings is 1. The maximum Gasteiger partial charge on any atom is 0.282 e. The predicted octanol–water partition coefficient (Wildman–Crippen LogP) is 3.89. The van der Waals surface area contributed by atoms with Gasteiger partial charge in [0.05, 0.1) is 42.3 Å².